The van der Waals surface area contributed by atoms with Crippen molar-refractivity contribution in [2.24, 2.45) is 11.7 Å². The van der Waals surface area contributed by atoms with Crippen LogP contribution >= 0.6 is 0 Å². The van der Waals surface area contributed by atoms with Crippen molar-refractivity contribution >= 4 is 11.9 Å². The van der Waals surface area contributed by atoms with Crippen molar-refractivity contribution < 1.29 is 14.3 Å². The molecule has 98 valence electrons. The smallest absolute Gasteiger partial charge is 0.307 e. The summed E-state index contributed by atoms with van der Waals surface area (Å²) >= 11 is 0. The SMILES string of the molecule is CCOC(=O)CCNC1CCC(C(N)=O)CC1. The van der Waals surface area contributed by atoms with Crippen LogP contribution in [0.1, 0.15) is 39.0 Å². The summed E-state index contributed by atoms with van der Waals surface area (Å²) in [5, 5.41) is 3.32. The molecule has 1 rings (SSSR count). The zero-order valence-corrected chi connectivity index (χ0v) is 10.4. The van der Waals surface area contributed by atoms with Crippen molar-refractivity contribution in [3.8, 4) is 0 Å². The summed E-state index contributed by atoms with van der Waals surface area (Å²) in [6, 6.07) is 0.403. The number of ether oxygens (including phenoxy) is 1. The monoisotopic (exact) mass is 242 g/mol. The number of nitrogens with one attached hydrogen (secondary N) is 1. The molecule has 17 heavy (non-hydrogen) atoms. The van der Waals surface area contributed by atoms with Gasteiger partial charge < -0.3 is 15.8 Å². The van der Waals surface area contributed by atoms with E-state index in [1.54, 1.807) is 6.92 Å². The lowest BCUT2D eigenvalue weighted by molar-refractivity contribution is -0.143. The molecule has 1 amide bonds. The van der Waals surface area contributed by atoms with Crippen LogP contribution in [0.2, 0.25) is 0 Å². The molecule has 0 aromatic rings. The molecule has 0 atom stereocenters. The molecular weight excluding hydrogens is 220 g/mol. The van der Waals surface area contributed by atoms with E-state index in [4.69, 9.17) is 10.5 Å². The Morgan fingerprint density at radius 2 is 1.94 bits per heavy atom. The first-order valence-corrected chi connectivity index (χ1v) is 6.31. The summed E-state index contributed by atoms with van der Waals surface area (Å²) in [6.07, 6.45) is 4.02. The zero-order valence-electron chi connectivity index (χ0n) is 10.4. The molecule has 0 spiro atoms. The summed E-state index contributed by atoms with van der Waals surface area (Å²) in [5.74, 6) is -0.307. The lowest BCUT2D eigenvalue weighted by Crippen LogP contribution is -2.37. The van der Waals surface area contributed by atoms with Crippen molar-refractivity contribution in [1.82, 2.24) is 5.32 Å². The average Bonchev–Trinajstić information content (AvgIpc) is 2.30. The third-order valence-corrected chi connectivity index (χ3v) is 3.20. The molecule has 1 aliphatic rings. The molecule has 0 unspecified atom stereocenters. The Bertz CT molecular complexity index is 260. The number of amides is 1. The molecule has 0 aromatic heterocycles. The van der Waals surface area contributed by atoms with Gasteiger partial charge in [-0.2, -0.15) is 0 Å². The van der Waals surface area contributed by atoms with Crippen LogP contribution in [-0.4, -0.2) is 31.1 Å². The normalized spacial score (nSPS) is 24.3. The molecule has 3 N–H and O–H groups in total. The quantitative estimate of drug-likeness (QED) is 0.667. The van der Waals surface area contributed by atoms with E-state index < -0.39 is 0 Å². The van der Waals surface area contributed by atoms with Gasteiger partial charge >= 0.3 is 5.97 Å². The molecule has 0 bridgehead atoms. The molecule has 5 nitrogen and oxygen atoms in total. The predicted octanol–water partition coefficient (Wildman–Crippen LogP) is 0.573. The summed E-state index contributed by atoms with van der Waals surface area (Å²) in [6.45, 7) is 2.88. The van der Waals surface area contributed by atoms with E-state index in [9.17, 15) is 9.59 Å². The van der Waals surface area contributed by atoms with Crippen molar-refractivity contribution in [2.45, 2.75) is 45.1 Å². The van der Waals surface area contributed by atoms with Crippen LogP contribution in [-0.2, 0) is 14.3 Å². The van der Waals surface area contributed by atoms with Gasteiger partial charge in [-0.05, 0) is 32.6 Å². The molecule has 0 aromatic carbocycles. The number of hydrogen-bond acceptors (Lipinski definition) is 4. The minimum absolute atomic E-state index is 0.0399. The number of carbonyl (C=O) groups is 2. The van der Waals surface area contributed by atoms with E-state index >= 15 is 0 Å². The van der Waals surface area contributed by atoms with Gasteiger partial charge in [-0.25, -0.2) is 0 Å². The third kappa shape index (κ3) is 5.17. The number of hydrogen-bond donors (Lipinski definition) is 2. The maximum Gasteiger partial charge on any atom is 0.307 e. The first-order chi connectivity index (χ1) is 8.13. The minimum atomic E-state index is -0.185. The fourth-order valence-corrected chi connectivity index (χ4v) is 2.19. The highest BCUT2D eigenvalue weighted by Crippen LogP contribution is 2.23. The largest absolute Gasteiger partial charge is 0.466 e. The summed E-state index contributed by atoms with van der Waals surface area (Å²) in [4.78, 5) is 22.1. The lowest BCUT2D eigenvalue weighted by atomic mass is 9.85. The molecule has 1 saturated carbocycles. The van der Waals surface area contributed by atoms with Gasteiger partial charge in [0.2, 0.25) is 5.91 Å². The van der Waals surface area contributed by atoms with Crippen molar-refractivity contribution in [3.05, 3.63) is 0 Å². The summed E-state index contributed by atoms with van der Waals surface area (Å²) < 4.78 is 4.84. The number of nitrogens with two attached hydrogens (primary N) is 1. The van der Waals surface area contributed by atoms with Crippen LogP contribution < -0.4 is 11.1 Å². The number of esters is 1. The van der Waals surface area contributed by atoms with Crippen LogP contribution in [0.25, 0.3) is 0 Å². The zero-order chi connectivity index (χ0) is 12.7. The second-order valence-electron chi connectivity index (χ2n) is 4.46. The standard InChI is InChI=1S/C12H22N2O3/c1-2-17-11(15)7-8-14-10-5-3-9(4-6-10)12(13)16/h9-10,14H,2-8H2,1H3,(H2,13,16). The molecule has 0 aliphatic heterocycles. The van der Waals surface area contributed by atoms with Gasteiger partial charge in [-0.3, -0.25) is 9.59 Å². The molecule has 0 saturated heterocycles. The summed E-state index contributed by atoms with van der Waals surface area (Å²) in [5.41, 5.74) is 5.27. The predicted molar refractivity (Wildman–Crippen MR) is 64.2 cm³/mol. The number of primary amides is 1. The van der Waals surface area contributed by atoms with E-state index in [1.807, 2.05) is 0 Å². The van der Waals surface area contributed by atoms with E-state index in [0.29, 0.717) is 25.6 Å². The lowest BCUT2D eigenvalue weighted by Gasteiger charge is -2.27. The Labute approximate surface area is 102 Å². The maximum atomic E-state index is 11.1. The number of carbonyl (C=O) groups excluding carboxylic acids is 2. The Morgan fingerprint density at radius 3 is 2.47 bits per heavy atom. The average molecular weight is 242 g/mol. The van der Waals surface area contributed by atoms with Gasteiger partial charge in [0.25, 0.3) is 0 Å². The van der Waals surface area contributed by atoms with Gasteiger partial charge in [0.05, 0.1) is 13.0 Å². The topological polar surface area (TPSA) is 81.4 Å². The van der Waals surface area contributed by atoms with Crippen LogP contribution in [0.5, 0.6) is 0 Å². The molecule has 0 heterocycles. The van der Waals surface area contributed by atoms with Crippen LogP contribution in [0.3, 0.4) is 0 Å². The van der Waals surface area contributed by atoms with Crippen molar-refractivity contribution in [1.29, 1.82) is 0 Å². The van der Waals surface area contributed by atoms with Crippen molar-refractivity contribution in [2.75, 3.05) is 13.2 Å². The highest BCUT2D eigenvalue weighted by atomic mass is 16.5. The van der Waals surface area contributed by atoms with Gasteiger partial charge in [0.1, 0.15) is 0 Å². The van der Waals surface area contributed by atoms with E-state index in [0.717, 1.165) is 25.7 Å². The third-order valence-electron chi connectivity index (χ3n) is 3.20. The molecular formula is C12H22N2O3. The Morgan fingerprint density at radius 1 is 1.29 bits per heavy atom. The second-order valence-corrected chi connectivity index (χ2v) is 4.46. The van der Waals surface area contributed by atoms with Crippen LogP contribution in [0.15, 0.2) is 0 Å². The van der Waals surface area contributed by atoms with Gasteiger partial charge in [-0.1, -0.05) is 0 Å². The molecule has 1 fully saturated rings. The van der Waals surface area contributed by atoms with E-state index in [-0.39, 0.29) is 17.8 Å². The molecule has 1 aliphatic carbocycles. The van der Waals surface area contributed by atoms with Crippen molar-refractivity contribution in [3.63, 3.8) is 0 Å². The highest BCUT2D eigenvalue weighted by Gasteiger charge is 2.24. The Kier molecular flexibility index (Phi) is 5.97. The first kappa shape index (κ1) is 14.0. The number of rotatable bonds is 6. The van der Waals surface area contributed by atoms with Gasteiger partial charge in [0, 0.05) is 18.5 Å². The molecule has 5 heteroatoms. The fraction of sp³-hybridized carbons (Fsp3) is 0.833. The highest BCUT2D eigenvalue weighted by molar-refractivity contribution is 5.76. The fourth-order valence-electron chi connectivity index (χ4n) is 2.19. The Balaban J connectivity index is 2.10. The minimum Gasteiger partial charge on any atom is -0.466 e. The van der Waals surface area contributed by atoms with Crippen LogP contribution in [0, 0.1) is 5.92 Å². The maximum absolute atomic E-state index is 11.1. The second kappa shape index (κ2) is 7.27. The van der Waals surface area contributed by atoms with E-state index in [1.165, 1.54) is 0 Å². The van der Waals surface area contributed by atoms with Gasteiger partial charge in [0.15, 0.2) is 0 Å². The molecule has 0 radical (unpaired) electrons. The van der Waals surface area contributed by atoms with Gasteiger partial charge in [-0.15, -0.1) is 0 Å². The van der Waals surface area contributed by atoms with Crippen LogP contribution in [0.4, 0.5) is 0 Å². The summed E-state index contributed by atoms with van der Waals surface area (Å²) in [7, 11) is 0. The van der Waals surface area contributed by atoms with E-state index in [2.05, 4.69) is 5.32 Å². The first-order valence-electron chi connectivity index (χ1n) is 6.31. The Hall–Kier alpha value is -1.10.